The summed E-state index contributed by atoms with van der Waals surface area (Å²) in [4.78, 5) is 37.8. The predicted octanol–water partition coefficient (Wildman–Crippen LogP) is 1.84. The van der Waals surface area contributed by atoms with Gasteiger partial charge in [0.25, 0.3) is 0 Å². The van der Waals surface area contributed by atoms with Gasteiger partial charge in [-0.1, -0.05) is 6.92 Å². The number of rotatable bonds is 4. The molecule has 2 rings (SSSR count). The van der Waals surface area contributed by atoms with E-state index in [9.17, 15) is 18.8 Å². The molecule has 1 aliphatic rings. The van der Waals surface area contributed by atoms with Crippen LogP contribution in [0.25, 0.3) is 0 Å². The zero-order chi connectivity index (χ0) is 18.6. The number of amides is 3. The summed E-state index contributed by atoms with van der Waals surface area (Å²) in [5, 5.41) is 5.37. The molecule has 1 heterocycles. The molecule has 0 aliphatic carbocycles. The standard InChI is InChI=1S/C18H24FN3O3/c1-4-12(3)20-17(24)18(25)22-8-7-13(10-22)16(23)21-14-5-6-15(19)11(2)9-14/h5-6,9,12-13H,4,7-8,10H2,1-3H3,(H,20,24)(H,21,23)/t12-,13?/m1/s1. The molecule has 0 saturated carbocycles. The molecule has 136 valence electrons. The fourth-order valence-electron chi connectivity index (χ4n) is 2.66. The van der Waals surface area contributed by atoms with Crippen molar-refractivity contribution in [3.05, 3.63) is 29.6 Å². The topological polar surface area (TPSA) is 78.5 Å². The third-order valence-electron chi connectivity index (χ3n) is 4.46. The minimum absolute atomic E-state index is 0.0696. The Bertz CT molecular complexity index is 678. The Labute approximate surface area is 146 Å². The van der Waals surface area contributed by atoms with Crippen molar-refractivity contribution >= 4 is 23.4 Å². The van der Waals surface area contributed by atoms with Gasteiger partial charge in [0.2, 0.25) is 5.91 Å². The molecule has 6 nitrogen and oxygen atoms in total. The van der Waals surface area contributed by atoms with E-state index < -0.39 is 11.8 Å². The van der Waals surface area contributed by atoms with Gasteiger partial charge in [-0.2, -0.15) is 0 Å². The lowest BCUT2D eigenvalue weighted by molar-refractivity contribution is -0.145. The lowest BCUT2D eigenvalue weighted by Gasteiger charge is -2.18. The molecule has 3 amide bonds. The number of carbonyl (C=O) groups excluding carboxylic acids is 3. The van der Waals surface area contributed by atoms with Gasteiger partial charge in [-0.05, 0) is 50.5 Å². The van der Waals surface area contributed by atoms with Crippen LogP contribution in [0.1, 0.15) is 32.3 Å². The first kappa shape index (κ1) is 18.9. The second-order valence-corrected chi connectivity index (χ2v) is 6.47. The first-order chi connectivity index (χ1) is 11.8. The van der Waals surface area contributed by atoms with Crippen molar-refractivity contribution in [2.45, 2.75) is 39.7 Å². The van der Waals surface area contributed by atoms with Gasteiger partial charge in [0.05, 0.1) is 5.92 Å². The summed E-state index contributed by atoms with van der Waals surface area (Å²) >= 11 is 0. The van der Waals surface area contributed by atoms with Crippen LogP contribution in [-0.4, -0.2) is 41.8 Å². The highest BCUT2D eigenvalue weighted by molar-refractivity contribution is 6.35. The van der Waals surface area contributed by atoms with Crippen molar-refractivity contribution in [1.29, 1.82) is 0 Å². The predicted molar refractivity (Wildman–Crippen MR) is 92.3 cm³/mol. The molecule has 1 unspecified atom stereocenters. The Kier molecular flexibility index (Phi) is 6.12. The number of likely N-dealkylation sites (tertiary alicyclic amines) is 1. The first-order valence-corrected chi connectivity index (χ1v) is 8.48. The number of hydrogen-bond acceptors (Lipinski definition) is 3. The number of nitrogens with one attached hydrogen (secondary N) is 2. The van der Waals surface area contributed by atoms with Crippen molar-refractivity contribution in [1.82, 2.24) is 10.2 Å². The van der Waals surface area contributed by atoms with Gasteiger partial charge in [-0.25, -0.2) is 4.39 Å². The molecule has 0 bridgehead atoms. The smallest absolute Gasteiger partial charge is 0.311 e. The zero-order valence-corrected chi connectivity index (χ0v) is 14.8. The van der Waals surface area contributed by atoms with Gasteiger partial charge in [-0.15, -0.1) is 0 Å². The van der Waals surface area contributed by atoms with Crippen molar-refractivity contribution < 1.29 is 18.8 Å². The number of hydrogen-bond donors (Lipinski definition) is 2. The van der Waals surface area contributed by atoms with Crippen molar-refractivity contribution in [2.75, 3.05) is 18.4 Å². The van der Waals surface area contributed by atoms with E-state index in [1.807, 2.05) is 13.8 Å². The summed E-state index contributed by atoms with van der Waals surface area (Å²) in [6.07, 6.45) is 1.23. The zero-order valence-electron chi connectivity index (χ0n) is 14.8. The second kappa shape index (κ2) is 8.09. The molecule has 0 spiro atoms. The van der Waals surface area contributed by atoms with Crippen LogP contribution in [0.4, 0.5) is 10.1 Å². The highest BCUT2D eigenvalue weighted by Gasteiger charge is 2.33. The minimum Gasteiger partial charge on any atom is -0.345 e. The molecule has 1 aliphatic heterocycles. The van der Waals surface area contributed by atoms with E-state index in [4.69, 9.17) is 0 Å². The van der Waals surface area contributed by atoms with Crippen molar-refractivity contribution in [2.24, 2.45) is 5.92 Å². The Balaban J connectivity index is 1.90. The van der Waals surface area contributed by atoms with Crippen LogP contribution >= 0.6 is 0 Å². The third kappa shape index (κ3) is 4.78. The maximum atomic E-state index is 13.3. The van der Waals surface area contributed by atoms with Crippen LogP contribution in [-0.2, 0) is 14.4 Å². The number of nitrogens with zero attached hydrogens (tertiary/aromatic N) is 1. The second-order valence-electron chi connectivity index (χ2n) is 6.47. The van der Waals surface area contributed by atoms with E-state index in [1.54, 1.807) is 13.0 Å². The largest absolute Gasteiger partial charge is 0.345 e. The normalized spacial score (nSPS) is 17.9. The third-order valence-corrected chi connectivity index (χ3v) is 4.46. The Hall–Kier alpha value is -2.44. The number of benzene rings is 1. The number of halogens is 1. The molecule has 2 N–H and O–H groups in total. The van der Waals surface area contributed by atoms with Crippen molar-refractivity contribution in [3.8, 4) is 0 Å². The van der Waals surface area contributed by atoms with Crippen LogP contribution in [0, 0.1) is 18.7 Å². The van der Waals surface area contributed by atoms with Gasteiger partial charge >= 0.3 is 11.8 Å². The summed E-state index contributed by atoms with van der Waals surface area (Å²) in [7, 11) is 0. The first-order valence-electron chi connectivity index (χ1n) is 8.48. The van der Waals surface area contributed by atoms with E-state index in [0.717, 1.165) is 6.42 Å². The molecular weight excluding hydrogens is 325 g/mol. The van der Waals surface area contributed by atoms with Gasteiger partial charge < -0.3 is 15.5 Å². The van der Waals surface area contributed by atoms with E-state index in [-0.39, 0.29) is 30.2 Å². The highest BCUT2D eigenvalue weighted by Crippen LogP contribution is 2.20. The van der Waals surface area contributed by atoms with E-state index in [1.165, 1.54) is 17.0 Å². The average molecular weight is 349 g/mol. The lowest BCUT2D eigenvalue weighted by atomic mass is 10.1. The van der Waals surface area contributed by atoms with Gasteiger partial charge in [0.15, 0.2) is 0 Å². The Morgan fingerprint density at radius 3 is 2.72 bits per heavy atom. The Morgan fingerprint density at radius 2 is 2.08 bits per heavy atom. The monoisotopic (exact) mass is 349 g/mol. The van der Waals surface area contributed by atoms with Crippen LogP contribution in [0.3, 0.4) is 0 Å². The molecule has 1 aromatic carbocycles. The van der Waals surface area contributed by atoms with E-state index >= 15 is 0 Å². The molecule has 2 atom stereocenters. The molecule has 1 saturated heterocycles. The molecule has 25 heavy (non-hydrogen) atoms. The summed E-state index contributed by atoms with van der Waals surface area (Å²) in [5.41, 5.74) is 0.964. The highest BCUT2D eigenvalue weighted by atomic mass is 19.1. The SMILES string of the molecule is CC[C@@H](C)NC(=O)C(=O)N1CCC(C(=O)Nc2ccc(F)c(C)c2)C1. The summed E-state index contributed by atoms with van der Waals surface area (Å²) in [6, 6.07) is 4.29. The van der Waals surface area contributed by atoms with Gasteiger partial charge in [-0.3, -0.25) is 14.4 Å². The quantitative estimate of drug-likeness (QED) is 0.814. The summed E-state index contributed by atoms with van der Waals surface area (Å²) in [6.45, 7) is 5.95. The maximum absolute atomic E-state index is 13.3. The van der Waals surface area contributed by atoms with E-state index in [2.05, 4.69) is 10.6 Å². The number of aryl methyl sites for hydroxylation is 1. The van der Waals surface area contributed by atoms with E-state index in [0.29, 0.717) is 24.2 Å². The Morgan fingerprint density at radius 1 is 1.36 bits per heavy atom. The summed E-state index contributed by atoms with van der Waals surface area (Å²) in [5.74, 6) is -2.19. The lowest BCUT2D eigenvalue weighted by Crippen LogP contribution is -2.45. The minimum atomic E-state index is -0.635. The average Bonchev–Trinajstić information content (AvgIpc) is 3.07. The summed E-state index contributed by atoms with van der Waals surface area (Å²) < 4.78 is 13.3. The molecular formula is C18H24FN3O3. The molecule has 7 heteroatoms. The number of anilines is 1. The van der Waals surface area contributed by atoms with Crippen LogP contribution in [0.2, 0.25) is 0 Å². The van der Waals surface area contributed by atoms with Crippen LogP contribution in [0.5, 0.6) is 0 Å². The van der Waals surface area contributed by atoms with Crippen LogP contribution in [0.15, 0.2) is 18.2 Å². The molecule has 1 fully saturated rings. The molecule has 1 aromatic rings. The van der Waals surface area contributed by atoms with Gasteiger partial charge in [0, 0.05) is 24.8 Å². The maximum Gasteiger partial charge on any atom is 0.311 e. The van der Waals surface area contributed by atoms with Crippen molar-refractivity contribution in [3.63, 3.8) is 0 Å². The molecule has 0 radical (unpaired) electrons. The fraction of sp³-hybridized carbons (Fsp3) is 0.500. The fourth-order valence-corrected chi connectivity index (χ4v) is 2.66. The molecule has 0 aromatic heterocycles. The van der Waals surface area contributed by atoms with Gasteiger partial charge in [0.1, 0.15) is 5.82 Å². The van der Waals surface area contributed by atoms with Crippen LogP contribution < -0.4 is 10.6 Å². The number of carbonyl (C=O) groups is 3.